The number of aromatic amines is 1. The van der Waals surface area contributed by atoms with Gasteiger partial charge in [0.2, 0.25) is 0 Å². The minimum atomic E-state index is 0.656. The maximum absolute atomic E-state index is 3.98. The van der Waals surface area contributed by atoms with Gasteiger partial charge in [0.1, 0.15) is 0 Å². The van der Waals surface area contributed by atoms with E-state index in [0.29, 0.717) is 6.04 Å². The number of nitrogens with zero attached hydrogens (tertiary/aromatic N) is 1. The maximum atomic E-state index is 3.98. The lowest BCUT2D eigenvalue weighted by Crippen LogP contribution is -2.23. The molecule has 3 nitrogen and oxygen atoms in total. The zero-order chi connectivity index (χ0) is 13.1. The zero-order valence-corrected chi connectivity index (χ0v) is 11.4. The first-order valence-corrected chi connectivity index (χ1v) is 7.23. The second-order valence-electron chi connectivity index (χ2n) is 5.40. The normalized spacial score (nSPS) is 22.6. The molecule has 1 aliphatic carbocycles. The molecule has 1 saturated carbocycles. The van der Waals surface area contributed by atoms with Crippen molar-refractivity contribution in [2.24, 2.45) is 5.92 Å². The molecule has 2 aromatic rings. The number of aromatic nitrogens is 2. The van der Waals surface area contributed by atoms with Gasteiger partial charge in [0, 0.05) is 17.9 Å². The molecule has 1 heterocycles. The third-order valence-electron chi connectivity index (χ3n) is 4.23. The van der Waals surface area contributed by atoms with E-state index in [0.717, 1.165) is 11.6 Å². The lowest BCUT2D eigenvalue weighted by atomic mass is 10.0. The van der Waals surface area contributed by atoms with Crippen molar-refractivity contribution in [1.82, 2.24) is 10.2 Å². The van der Waals surface area contributed by atoms with Crippen molar-refractivity contribution in [2.75, 3.05) is 5.32 Å². The van der Waals surface area contributed by atoms with Gasteiger partial charge >= 0.3 is 0 Å². The Bertz CT molecular complexity index is 501. The van der Waals surface area contributed by atoms with E-state index >= 15 is 0 Å². The summed E-state index contributed by atoms with van der Waals surface area (Å²) in [5.74, 6) is 0.840. The standard InChI is InChI=1S/C16H21N3/c1-2-12-4-3-5-15(12)18-14-8-6-13(7-9-14)16-10-11-17-19-16/h6-12,15,18H,2-5H2,1H3,(H,17,19). The Hall–Kier alpha value is -1.77. The summed E-state index contributed by atoms with van der Waals surface area (Å²) in [5.41, 5.74) is 3.48. The predicted octanol–water partition coefficient (Wildman–Crippen LogP) is 4.07. The fraction of sp³-hybridized carbons (Fsp3) is 0.438. The Morgan fingerprint density at radius 2 is 2.05 bits per heavy atom. The molecule has 2 N–H and O–H groups in total. The van der Waals surface area contributed by atoms with Gasteiger partial charge in [-0.25, -0.2) is 0 Å². The monoisotopic (exact) mass is 255 g/mol. The van der Waals surface area contributed by atoms with Crippen LogP contribution in [-0.4, -0.2) is 16.2 Å². The van der Waals surface area contributed by atoms with Gasteiger partial charge in [-0.1, -0.05) is 31.9 Å². The Labute approximate surface area is 114 Å². The van der Waals surface area contributed by atoms with Gasteiger partial charge in [-0.3, -0.25) is 5.10 Å². The van der Waals surface area contributed by atoms with Crippen molar-refractivity contribution in [3.8, 4) is 11.3 Å². The minimum Gasteiger partial charge on any atom is -0.382 e. The number of nitrogens with one attached hydrogen (secondary N) is 2. The molecule has 2 atom stereocenters. The summed E-state index contributed by atoms with van der Waals surface area (Å²) in [4.78, 5) is 0. The van der Waals surface area contributed by atoms with Crippen LogP contribution in [0.1, 0.15) is 32.6 Å². The highest BCUT2D eigenvalue weighted by molar-refractivity contribution is 5.62. The van der Waals surface area contributed by atoms with Gasteiger partial charge in [-0.05, 0) is 42.5 Å². The number of H-pyrrole nitrogens is 1. The zero-order valence-electron chi connectivity index (χ0n) is 11.4. The van der Waals surface area contributed by atoms with E-state index in [1.54, 1.807) is 6.20 Å². The molecule has 3 rings (SSSR count). The van der Waals surface area contributed by atoms with E-state index in [1.165, 1.54) is 36.9 Å². The second-order valence-corrected chi connectivity index (χ2v) is 5.40. The molecule has 2 unspecified atom stereocenters. The average Bonchev–Trinajstić information content (AvgIpc) is 3.10. The molecule has 100 valence electrons. The Kier molecular flexibility index (Phi) is 3.53. The molecule has 0 amide bonds. The predicted molar refractivity (Wildman–Crippen MR) is 79.1 cm³/mol. The van der Waals surface area contributed by atoms with Crippen LogP contribution in [0.4, 0.5) is 5.69 Å². The van der Waals surface area contributed by atoms with E-state index in [9.17, 15) is 0 Å². The first kappa shape index (κ1) is 12.3. The number of anilines is 1. The number of benzene rings is 1. The quantitative estimate of drug-likeness (QED) is 0.864. The van der Waals surface area contributed by atoms with Crippen molar-refractivity contribution >= 4 is 5.69 Å². The third-order valence-corrected chi connectivity index (χ3v) is 4.23. The van der Waals surface area contributed by atoms with E-state index in [1.807, 2.05) is 6.07 Å². The molecule has 0 spiro atoms. The lowest BCUT2D eigenvalue weighted by molar-refractivity contribution is 0.489. The van der Waals surface area contributed by atoms with Crippen molar-refractivity contribution in [2.45, 2.75) is 38.6 Å². The van der Waals surface area contributed by atoms with Crippen LogP contribution in [0.3, 0.4) is 0 Å². The third kappa shape index (κ3) is 2.65. The first-order chi connectivity index (χ1) is 9.36. The largest absolute Gasteiger partial charge is 0.382 e. The molecule has 1 fully saturated rings. The van der Waals surface area contributed by atoms with Crippen LogP contribution in [0, 0.1) is 5.92 Å². The van der Waals surface area contributed by atoms with E-state index in [4.69, 9.17) is 0 Å². The molecule has 19 heavy (non-hydrogen) atoms. The van der Waals surface area contributed by atoms with Gasteiger partial charge < -0.3 is 5.32 Å². The maximum Gasteiger partial charge on any atom is 0.0650 e. The highest BCUT2D eigenvalue weighted by Gasteiger charge is 2.25. The second kappa shape index (κ2) is 5.47. The first-order valence-electron chi connectivity index (χ1n) is 7.23. The van der Waals surface area contributed by atoms with Crippen LogP contribution in [-0.2, 0) is 0 Å². The summed E-state index contributed by atoms with van der Waals surface area (Å²) in [6.45, 7) is 2.30. The van der Waals surface area contributed by atoms with E-state index in [2.05, 4.69) is 46.7 Å². The number of rotatable bonds is 4. The molecule has 3 heteroatoms. The van der Waals surface area contributed by atoms with Crippen molar-refractivity contribution in [1.29, 1.82) is 0 Å². The lowest BCUT2D eigenvalue weighted by Gasteiger charge is -2.21. The molecular weight excluding hydrogens is 234 g/mol. The molecule has 0 bridgehead atoms. The summed E-state index contributed by atoms with van der Waals surface area (Å²) in [7, 11) is 0. The van der Waals surface area contributed by atoms with Gasteiger partial charge in [-0.15, -0.1) is 0 Å². The van der Waals surface area contributed by atoms with Crippen LogP contribution in [0.2, 0.25) is 0 Å². The molecular formula is C16H21N3. The smallest absolute Gasteiger partial charge is 0.0650 e. The van der Waals surface area contributed by atoms with Crippen LogP contribution in [0.25, 0.3) is 11.3 Å². The van der Waals surface area contributed by atoms with Gasteiger partial charge in [0.15, 0.2) is 0 Å². The van der Waals surface area contributed by atoms with E-state index < -0.39 is 0 Å². The summed E-state index contributed by atoms with van der Waals surface area (Å²) in [6, 6.07) is 11.3. The molecule has 1 aromatic carbocycles. The number of hydrogen-bond donors (Lipinski definition) is 2. The van der Waals surface area contributed by atoms with Gasteiger partial charge in [0.25, 0.3) is 0 Å². The minimum absolute atomic E-state index is 0.656. The number of hydrogen-bond acceptors (Lipinski definition) is 2. The Morgan fingerprint density at radius 3 is 2.74 bits per heavy atom. The highest BCUT2D eigenvalue weighted by Crippen LogP contribution is 2.31. The topological polar surface area (TPSA) is 40.7 Å². The summed E-state index contributed by atoms with van der Waals surface area (Å²) >= 11 is 0. The summed E-state index contributed by atoms with van der Waals surface area (Å²) < 4.78 is 0. The highest BCUT2D eigenvalue weighted by atomic mass is 15.1. The van der Waals surface area contributed by atoms with Gasteiger partial charge in [-0.2, -0.15) is 5.10 Å². The fourth-order valence-electron chi connectivity index (χ4n) is 3.09. The summed E-state index contributed by atoms with van der Waals surface area (Å²) in [6.07, 6.45) is 7.11. The fourth-order valence-corrected chi connectivity index (χ4v) is 3.09. The van der Waals surface area contributed by atoms with Crippen LogP contribution >= 0.6 is 0 Å². The Morgan fingerprint density at radius 1 is 1.21 bits per heavy atom. The van der Waals surface area contributed by atoms with Crippen molar-refractivity contribution in [3.63, 3.8) is 0 Å². The van der Waals surface area contributed by atoms with Crippen LogP contribution < -0.4 is 5.32 Å². The van der Waals surface area contributed by atoms with Crippen molar-refractivity contribution in [3.05, 3.63) is 36.5 Å². The van der Waals surface area contributed by atoms with E-state index in [-0.39, 0.29) is 0 Å². The van der Waals surface area contributed by atoms with Crippen molar-refractivity contribution < 1.29 is 0 Å². The average molecular weight is 255 g/mol. The molecule has 1 aliphatic rings. The van der Waals surface area contributed by atoms with Gasteiger partial charge in [0.05, 0.1) is 5.69 Å². The SMILES string of the molecule is CCC1CCCC1Nc1ccc(-c2ccn[nH]2)cc1. The summed E-state index contributed by atoms with van der Waals surface area (Å²) in [5, 5.41) is 10.7. The molecule has 0 saturated heterocycles. The molecule has 0 radical (unpaired) electrons. The van der Waals surface area contributed by atoms with Crippen LogP contribution in [0.5, 0.6) is 0 Å². The Balaban J connectivity index is 1.69. The molecule has 0 aliphatic heterocycles. The molecule has 1 aromatic heterocycles. The van der Waals surface area contributed by atoms with Crippen LogP contribution in [0.15, 0.2) is 36.5 Å².